The van der Waals surface area contributed by atoms with Crippen LogP contribution in [-0.4, -0.2) is 47.3 Å². The lowest BCUT2D eigenvalue weighted by atomic mass is 9.53. The van der Waals surface area contributed by atoms with Gasteiger partial charge in [-0.05, 0) is 99.8 Å². The van der Waals surface area contributed by atoms with E-state index in [0.29, 0.717) is 37.7 Å². The number of rotatable bonds is 7. The van der Waals surface area contributed by atoms with E-state index in [0.717, 1.165) is 48.1 Å². The summed E-state index contributed by atoms with van der Waals surface area (Å²) in [6, 6.07) is 3.23. The van der Waals surface area contributed by atoms with Gasteiger partial charge in [0.05, 0.1) is 25.7 Å². The Morgan fingerprint density at radius 2 is 1.61 bits per heavy atom. The fourth-order valence-corrected chi connectivity index (χ4v) is 7.44. The molecule has 2 N–H and O–H groups in total. The Hall–Kier alpha value is -2.44. The molecule has 6 rings (SSSR count). The molecule has 4 saturated carbocycles. The van der Waals surface area contributed by atoms with Crippen LogP contribution >= 0.6 is 0 Å². The molecule has 1 aromatic rings. The van der Waals surface area contributed by atoms with E-state index in [1.165, 1.54) is 19.3 Å². The largest absolute Gasteiger partial charge is 0.490 e. The van der Waals surface area contributed by atoms with Gasteiger partial charge >= 0.3 is 12.0 Å². The van der Waals surface area contributed by atoms with Gasteiger partial charge in [0.25, 0.3) is 0 Å². The molecule has 7 heteroatoms. The van der Waals surface area contributed by atoms with Crippen LogP contribution in [0.3, 0.4) is 0 Å². The molecule has 1 heterocycles. The summed E-state index contributed by atoms with van der Waals surface area (Å²) in [4.78, 5) is 27.2. The molecule has 0 aromatic heterocycles. The highest BCUT2D eigenvalue weighted by atomic mass is 16.5. The van der Waals surface area contributed by atoms with E-state index in [2.05, 4.69) is 5.32 Å². The van der Waals surface area contributed by atoms with E-state index in [1.807, 2.05) is 26.0 Å². The molecule has 0 radical (unpaired) electrons. The molecule has 33 heavy (non-hydrogen) atoms. The highest BCUT2D eigenvalue weighted by Crippen LogP contribution is 2.55. The molecule has 180 valence electrons. The van der Waals surface area contributed by atoms with Gasteiger partial charge in [0.2, 0.25) is 0 Å². The van der Waals surface area contributed by atoms with Gasteiger partial charge in [-0.1, -0.05) is 0 Å². The summed E-state index contributed by atoms with van der Waals surface area (Å²) in [6.07, 6.45) is 7.72. The zero-order valence-corrected chi connectivity index (χ0v) is 19.8. The predicted octanol–water partition coefficient (Wildman–Crippen LogP) is 4.54. The van der Waals surface area contributed by atoms with Crippen molar-refractivity contribution in [3.63, 3.8) is 0 Å². The molecular weight excluding hydrogens is 420 g/mol. The topological polar surface area (TPSA) is 88.1 Å². The number of benzene rings is 1. The fraction of sp³-hybridized carbons (Fsp3) is 0.692. The number of ether oxygens (including phenoxy) is 2. The molecule has 1 aromatic carbocycles. The third kappa shape index (κ3) is 4.26. The van der Waals surface area contributed by atoms with Gasteiger partial charge in [-0.25, -0.2) is 4.79 Å². The molecule has 0 unspecified atom stereocenters. The van der Waals surface area contributed by atoms with Gasteiger partial charge in [-0.3, -0.25) is 4.79 Å². The molecule has 4 bridgehead atoms. The average molecular weight is 457 g/mol. The van der Waals surface area contributed by atoms with E-state index >= 15 is 0 Å². The first-order valence-electron chi connectivity index (χ1n) is 12.6. The minimum absolute atomic E-state index is 0.102. The number of hydrogen-bond donors (Lipinski definition) is 2. The monoisotopic (exact) mass is 456 g/mol. The van der Waals surface area contributed by atoms with Crippen LogP contribution in [-0.2, 0) is 11.2 Å². The Kier molecular flexibility index (Phi) is 5.91. The number of urea groups is 1. The summed E-state index contributed by atoms with van der Waals surface area (Å²) >= 11 is 0. The van der Waals surface area contributed by atoms with Crippen LogP contribution in [0.4, 0.5) is 4.79 Å². The van der Waals surface area contributed by atoms with Gasteiger partial charge < -0.3 is 24.8 Å². The van der Waals surface area contributed by atoms with Crippen molar-refractivity contribution in [2.45, 2.75) is 76.8 Å². The predicted molar refractivity (Wildman–Crippen MR) is 124 cm³/mol. The maximum Gasteiger partial charge on any atom is 0.318 e. The molecule has 4 aliphatic carbocycles. The number of amides is 2. The lowest BCUT2D eigenvalue weighted by Gasteiger charge is -2.57. The van der Waals surface area contributed by atoms with Gasteiger partial charge in [-0.2, -0.15) is 0 Å². The average Bonchev–Trinajstić information content (AvgIpc) is 2.73. The summed E-state index contributed by atoms with van der Waals surface area (Å²) in [5, 5.41) is 13.1. The van der Waals surface area contributed by atoms with Crippen LogP contribution in [0.15, 0.2) is 12.1 Å². The van der Waals surface area contributed by atoms with Crippen molar-refractivity contribution in [1.82, 2.24) is 10.2 Å². The smallest absolute Gasteiger partial charge is 0.318 e. The Labute approximate surface area is 195 Å². The number of carboxylic acid groups (broad SMARTS) is 1. The van der Waals surface area contributed by atoms with Crippen molar-refractivity contribution in [1.29, 1.82) is 0 Å². The van der Waals surface area contributed by atoms with Gasteiger partial charge in [0, 0.05) is 12.1 Å². The molecule has 1 atom stereocenters. The second-order valence-corrected chi connectivity index (χ2v) is 10.5. The van der Waals surface area contributed by atoms with E-state index in [9.17, 15) is 14.7 Å². The minimum atomic E-state index is -0.910. The Morgan fingerprint density at radius 3 is 2.15 bits per heavy atom. The van der Waals surface area contributed by atoms with Crippen LogP contribution in [0.25, 0.3) is 0 Å². The molecule has 2 amide bonds. The van der Waals surface area contributed by atoms with Gasteiger partial charge in [-0.15, -0.1) is 0 Å². The number of carboxylic acids is 1. The van der Waals surface area contributed by atoms with Crippen LogP contribution in [0.1, 0.15) is 76.0 Å². The summed E-state index contributed by atoms with van der Waals surface area (Å²) in [5.41, 5.74) is 1.79. The van der Waals surface area contributed by atoms with Crippen LogP contribution in [0.5, 0.6) is 11.5 Å². The van der Waals surface area contributed by atoms with Crippen molar-refractivity contribution < 1.29 is 24.2 Å². The lowest BCUT2D eigenvalue weighted by Crippen LogP contribution is -2.62. The van der Waals surface area contributed by atoms with Crippen molar-refractivity contribution >= 4 is 12.0 Å². The third-order valence-corrected chi connectivity index (χ3v) is 8.20. The second kappa shape index (κ2) is 8.73. The van der Waals surface area contributed by atoms with Crippen molar-refractivity contribution in [2.75, 3.05) is 19.8 Å². The fourth-order valence-electron chi connectivity index (χ4n) is 7.44. The molecule has 0 saturated heterocycles. The van der Waals surface area contributed by atoms with Gasteiger partial charge in [0.1, 0.15) is 0 Å². The van der Waals surface area contributed by atoms with E-state index in [-0.39, 0.29) is 18.0 Å². The Morgan fingerprint density at radius 1 is 1.03 bits per heavy atom. The van der Waals surface area contributed by atoms with Crippen molar-refractivity contribution in [2.24, 2.45) is 17.8 Å². The summed E-state index contributed by atoms with van der Waals surface area (Å²) in [6.45, 7) is 5.35. The molecular formula is C26H36N2O5. The first-order chi connectivity index (χ1) is 15.9. The highest BCUT2D eigenvalue weighted by molar-refractivity contribution is 5.78. The zero-order chi connectivity index (χ0) is 23.2. The highest BCUT2D eigenvalue weighted by Gasteiger charge is 2.52. The minimum Gasteiger partial charge on any atom is -0.490 e. The molecule has 1 aliphatic heterocycles. The third-order valence-electron chi connectivity index (χ3n) is 8.20. The lowest BCUT2D eigenvalue weighted by molar-refractivity contribution is -0.138. The first kappa shape index (κ1) is 22.4. The maximum atomic E-state index is 13.6. The Balaban J connectivity index is 1.42. The van der Waals surface area contributed by atoms with Crippen LogP contribution in [0, 0.1) is 17.8 Å². The molecule has 4 fully saturated rings. The van der Waals surface area contributed by atoms with Crippen molar-refractivity contribution in [3.05, 3.63) is 23.3 Å². The zero-order valence-electron chi connectivity index (χ0n) is 19.8. The maximum absolute atomic E-state index is 13.6. The van der Waals surface area contributed by atoms with Gasteiger partial charge in [0.15, 0.2) is 11.5 Å². The molecule has 7 nitrogen and oxygen atoms in total. The summed E-state index contributed by atoms with van der Waals surface area (Å²) in [7, 11) is 0. The quantitative estimate of drug-likeness (QED) is 0.629. The van der Waals surface area contributed by atoms with E-state index in [4.69, 9.17) is 9.47 Å². The number of nitrogens with one attached hydrogen (secondary N) is 1. The molecule has 0 spiro atoms. The number of carbonyl (C=O) groups is 2. The number of carbonyl (C=O) groups excluding carboxylic acids is 1. The van der Waals surface area contributed by atoms with Crippen LogP contribution < -0.4 is 14.8 Å². The number of nitrogens with zero attached hydrogens (tertiary/aromatic N) is 1. The van der Waals surface area contributed by atoms with Crippen LogP contribution in [0.2, 0.25) is 0 Å². The number of hydrogen-bond acceptors (Lipinski definition) is 4. The van der Waals surface area contributed by atoms with Crippen molar-refractivity contribution in [3.8, 4) is 11.5 Å². The summed E-state index contributed by atoms with van der Waals surface area (Å²) < 4.78 is 11.6. The first-order valence-corrected chi connectivity index (χ1v) is 12.6. The number of aliphatic carboxylic acids is 1. The standard InChI is InChI=1S/C26H36N2O5/c1-3-32-22-10-19-5-6-28(21(12-24(29)30)20(19)11-23(22)33-4-2)25(31)27-26-13-16-7-17(14-26)9-18(8-16)15-26/h10-11,16-18,21H,3-9,12-15H2,1-2H3,(H,27,31)(H,29,30)/t16?,17?,18?,21-,26?/m0/s1. The second-order valence-electron chi connectivity index (χ2n) is 10.5. The number of fused-ring (bicyclic) bond motifs is 1. The Bertz CT molecular complexity index is 894. The normalized spacial score (nSPS) is 31.8. The molecule has 5 aliphatic rings. The van der Waals surface area contributed by atoms with E-state index in [1.54, 1.807) is 4.90 Å². The SMILES string of the molecule is CCOc1cc2c(cc1OCC)[C@H](CC(=O)O)N(C(=O)NC13CC4CC(CC(C4)C1)C3)CC2. The summed E-state index contributed by atoms with van der Waals surface area (Å²) in [5.74, 6) is 2.58. The van der Waals surface area contributed by atoms with E-state index < -0.39 is 12.0 Å².